The number of phenols is 1. The Hall–Kier alpha value is -3.06. The van der Waals surface area contributed by atoms with Gasteiger partial charge in [-0.2, -0.15) is 0 Å². The molecule has 2 rings (SSSR count). The highest BCUT2D eigenvalue weighted by Gasteiger charge is 2.27. The van der Waals surface area contributed by atoms with Gasteiger partial charge in [-0.25, -0.2) is 4.79 Å². The van der Waals surface area contributed by atoms with Crippen LogP contribution in [0.5, 0.6) is 5.75 Å². The third kappa shape index (κ3) is 9.43. The molecule has 184 valence electrons. The summed E-state index contributed by atoms with van der Waals surface area (Å²) in [5, 5.41) is 15.7. The summed E-state index contributed by atoms with van der Waals surface area (Å²) in [6.45, 7) is 6.97. The fourth-order valence-corrected chi connectivity index (χ4v) is 3.50. The molecule has 0 aliphatic carbocycles. The molecule has 3 N–H and O–H groups in total. The lowest BCUT2D eigenvalue weighted by Gasteiger charge is -2.24. The molecule has 7 nitrogen and oxygen atoms in total. The molecule has 0 fully saturated rings. The quantitative estimate of drug-likeness (QED) is 0.446. The van der Waals surface area contributed by atoms with E-state index in [2.05, 4.69) is 10.6 Å². The number of Topliss-reactive ketones (excluding diaryl/α,β-unsaturated/α-hetero) is 1. The van der Waals surface area contributed by atoms with Crippen LogP contribution in [0, 0.1) is 5.92 Å². The van der Waals surface area contributed by atoms with E-state index in [-0.39, 0.29) is 30.4 Å². The van der Waals surface area contributed by atoms with Crippen molar-refractivity contribution < 1.29 is 24.2 Å². The third-order valence-electron chi connectivity index (χ3n) is 5.09. The standard InChI is InChI=1S/C26H33ClN2O5/c1-17(24(32)28-16-19-15-20(27)11-13-22(19)30)14-23(31)21(29-25(33)34-26(2,3)4)12-10-18-8-6-5-7-9-18/h5-9,11,13,15,17,21,30H,10,12,14,16H2,1-4H3,(H,28,32)(H,29,33)/t17-,21-/m1/s1. The van der Waals surface area contributed by atoms with Crippen molar-refractivity contribution in [3.63, 3.8) is 0 Å². The molecule has 2 amide bonds. The number of phenolic OH excluding ortho intramolecular Hbond substituents is 1. The number of aryl methyl sites for hydroxylation is 1. The Bertz CT molecular complexity index is 988. The van der Waals surface area contributed by atoms with E-state index in [0.717, 1.165) is 5.56 Å². The van der Waals surface area contributed by atoms with E-state index in [9.17, 15) is 19.5 Å². The molecule has 34 heavy (non-hydrogen) atoms. The second-order valence-corrected chi connectivity index (χ2v) is 9.72. The second-order valence-electron chi connectivity index (χ2n) is 9.29. The third-order valence-corrected chi connectivity index (χ3v) is 5.33. The number of benzene rings is 2. The Morgan fingerprint density at radius 1 is 1.09 bits per heavy atom. The van der Waals surface area contributed by atoms with Crippen molar-refractivity contribution in [2.75, 3.05) is 0 Å². The van der Waals surface area contributed by atoms with Crippen molar-refractivity contribution in [2.24, 2.45) is 5.92 Å². The SMILES string of the molecule is C[C@H](CC(=O)[C@@H](CCc1ccccc1)NC(=O)OC(C)(C)C)C(=O)NCc1cc(Cl)ccc1O. The molecule has 0 saturated heterocycles. The van der Waals surface area contributed by atoms with Gasteiger partial charge in [0.05, 0.1) is 6.04 Å². The first-order chi connectivity index (χ1) is 15.9. The van der Waals surface area contributed by atoms with Crippen molar-refractivity contribution >= 4 is 29.4 Å². The number of aromatic hydroxyl groups is 1. The van der Waals surface area contributed by atoms with E-state index >= 15 is 0 Å². The highest BCUT2D eigenvalue weighted by molar-refractivity contribution is 6.30. The van der Waals surface area contributed by atoms with E-state index in [4.69, 9.17) is 16.3 Å². The molecular weight excluding hydrogens is 456 g/mol. The number of halogens is 1. The van der Waals surface area contributed by atoms with Crippen molar-refractivity contribution in [1.29, 1.82) is 0 Å². The lowest BCUT2D eigenvalue weighted by Crippen LogP contribution is -2.44. The summed E-state index contributed by atoms with van der Waals surface area (Å²) in [6, 6.07) is 13.4. The molecule has 0 spiro atoms. The molecular formula is C26H33ClN2O5. The van der Waals surface area contributed by atoms with Gasteiger partial charge in [-0.3, -0.25) is 9.59 Å². The second kappa shape index (κ2) is 12.4. The number of hydrogen-bond acceptors (Lipinski definition) is 5. The summed E-state index contributed by atoms with van der Waals surface area (Å²) >= 11 is 5.94. The number of ketones is 1. The summed E-state index contributed by atoms with van der Waals surface area (Å²) in [6.07, 6.45) is 0.240. The first-order valence-electron chi connectivity index (χ1n) is 11.3. The van der Waals surface area contributed by atoms with Crippen molar-refractivity contribution in [3.05, 3.63) is 64.7 Å². The Kier molecular flexibility index (Phi) is 9.93. The monoisotopic (exact) mass is 488 g/mol. The van der Waals surface area contributed by atoms with Gasteiger partial charge in [0.1, 0.15) is 11.4 Å². The lowest BCUT2D eigenvalue weighted by atomic mass is 9.95. The van der Waals surface area contributed by atoms with E-state index in [1.54, 1.807) is 39.8 Å². The van der Waals surface area contributed by atoms with Crippen LogP contribution < -0.4 is 10.6 Å². The van der Waals surface area contributed by atoms with Crippen LogP contribution in [0.15, 0.2) is 48.5 Å². The Balaban J connectivity index is 1.99. The van der Waals surface area contributed by atoms with Gasteiger partial charge in [-0.05, 0) is 57.4 Å². The maximum atomic E-state index is 13.0. The topological polar surface area (TPSA) is 105 Å². The van der Waals surface area contributed by atoms with Gasteiger partial charge in [0.15, 0.2) is 5.78 Å². The van der Waals surface area contributed by atoms with Crippen LogP contribution in [0.4, 0.5) is 4.79 Å². The number of carbonyl (C=O) groups excluding carboxylic acids is 3. The van der Waals surface area contributed by atoms with E-state index in [1.165, 1.54) is 6.07 Å². The van der Waals surface area contributed by atoms with Crippen molar-refractivity contribution in [3.8, 4) is 5.75 Å². The van der Waals surface area contributed by atoms with Crippen molar-refractivity contribution in [1.82, 2.24) is 10.6 Å². The fraction of sp³-hybridized carbons (Fsp3) is 0.423. The predicted molar refractivity (Wildman–Crippen MR) is 132 cm³/mol. The van der Waals surface area contributed by atoms with Gasteiger partial charge >= 0.3 is 6.09 Å². The van der Waals surface area contributed by atoms with Gasteiger partial charge in [-0.15, -0.1) is 0 Å². The highest BCUT2D eigenvalue weighted by atomic mass is 35.5. The normalized spacial score (nSPS) is 13.0. The average molecular weight is 489 g/mol. The van der Waals surface area contributed by atoms with Gasteiger partial charge < -0.3 is 20.5 Å². The number of ether oxygens (including phenoxy) is 1. The number of rotatable bonds is 10. The van der Waals surface area contributed by atoms with E-state index in [0.29, 0.717) is 23.4 Å². The Labute approximate surface area is 205 Å². The molecule has 8 heteroatoms. The predicted octanol–water partition coefficient (Wildman–Crippen LogP) is 4.78. The van der Waals surface area contributed by atoms with Gasteiger partial charge in [0.25, 0.3) is 0 Å². The summed E-state index contributed by atoms with van der Waals surface area (Å²) in [7, 11) is 0. The van der Waals surface area contributed by atoms with Gasteiger partial charge in [0.2, 0.25) is 5.91 Å². The molecule has 0 radical (unpaired) electrons. The van der Waals surface area contributed by atoms with Gasteiger partial charge in [0, 0.05) is 29.5 Å². The molecule has 0 heterocycles. The van der Waals surface area contributed by atoms with Crippen LogP contribution >= 0.6 is 11.6 Å². The largest absolute Gasteiger partial charge is 0.508 e. The molecule has 0 aliphatic rings. The Morgan fingerprint density at radius 2 is 1.76 bits per heavy atom. The summed E-state index contributed by atoms with van der Waals surface area (Å²) in [5.41, 5.74) is 0.820. The minimum atomic E-state index is -0.790. The molecule has 2 aromatic carbocycles. The molecule has 0 bridgehead atoms. The van der Waals surface area contributed by atoms with Crippen LogP contribution in [0.2, 0.25) is 5.02 Å². The van der Waals surface area contributed by atoms with Crippen LogP contribution in [-0.4, -0.2) is 34.5 Å². The van der Waals surface area contributed by atoms with Gasteiger partial charge in [-0.1, -0.05) is 48.9 Å². The molecule has 2 atom stereocenters. The zero-order valence-electron chi connectivity index (χ0n) is 20.1. The maximum Gasteiger partial charge on any atom is 0.408 e. The van der Waals surface area contributed by atoms with Crippen LogP contribution in [-0.2, 0) is 27.3 Å². The van der Waals surface area contributed by atoms with Crippen LogP contribution in [0.25, 0.3) is 0 Å². The maximum absolute atomic E-state index is 13.0. The Morgan fingerprint density at radius 3 is 2.41 bits per heavy atom. The summed E-state index contributed by atoms with van der Waals surface area (Å²) in [5.74, 6) is -1.20. The lowest BCUT2D eigenvalue weighted by molar-refractivity contribution is -0.129. The van der Waals surface area contributed by atoms with Crippen LogP contribution in [0.1, 0.15) is 51.7 Å². The molecule has 0 unspecified atom stereocenters. The van der Waals surface area contributed by atoms with Crippen LogP contribution in [0.3, 0.4) is 0 Å². The number of nitrogens with one attached hydrogen (secondary N) is 2. The zero-order chi connectivity index (χ0) is 25.3. The minimum absolute atomic E-state index is 0.0240. The van der Waals surface area contributed by atoms with E-state index < -0.39 is 23.7 Å². The average Bonchev–Trinajstić information content (AvgIpc) is 2.76. The smallest absolute Gasteiger partial charge is 0.408 e. The van der Waals surface area contributed by atoms with Crippen molar-refractivity contribution in [2.45, 2.75) is 65.1 Å². The highest BCUT2D eigenvalue weighted by Crippen LogP contribution is 2.21. The van der Waals surface area contributed by atoms with E-state index in [1.807, 2.05) is 30.3 Å². The first kappa shape index (κ1) is 27.2. The molecule has 2 aromatic rings. The zero-order valence-corrected chi connectivity index (χ0v) is 20.8. The molecule has 0 aromatic heterocycles. The number of amides is 2. The molecule has 0 aliphatic heterocycles. The number of carbonyl (C=O) groups is 3. The minimum Gasteiger partial charge on any atom is -0.508 e. The number of hydrogen-bond donors (Lipinski definition) is 3. The fourth-order valence-electron chi connectivity index (χ4n) is 3.31. The molecule has 0 saturated carbocycles. The number of alkyl carbamates (subject to hydrolysis) is 1. The summed E-state index contributed by atoms with van der Waals surface area (Å²) in [4.78, 5) is 37.9. The summed E-state index contributed by atoms with van der Waals surface area (Å²) < 4.78 is 5.32. The first-order valence-corrected chi connectivity index (χ1v) is 11.6.